The Morgan fingerprint density at radius 3 is 2.12 bits per heavy atom. The van der Waals surface area contributed by atoms with Crippen LogP contribution in [0.25, 0.3) is 0 Å². The molecule has 0 heterocycles. The van der Waals surface area contributed by atoms with Crippen LogP contribution in [-0.2, 0) is 0 Å². The zero-order valence-electron chi connectivity index (χ0n) is 9.66. The van der Waals surface area contributed by atoms with Gasteiger partial charge in [-0.15, -0.1) is 12.4 Å². The first-order valence-electron chi connectivity index (χ1n) is 5.89. The Balaban J connectivity index is 0.00000144. The van der Waals surface area contributed by atoms with Crippen molar-refractivity contribution < 1.29 is 0 Å². The number of rotatable bonds is 2. The van der Waals surface area contributed by atoms with E-state index in [1.165, 1.54) is 32.1 Å². The molecule has 0 amide bonds. The molecular formula is C13H18Cl3N. The van der Waals surface area contributed by atoms with Crippen molar-refractivity contribution in [2.75, 3.05) is 0 Å². The minimum atomic E-state index is -0.0125. The molecule has 1 fully saturated rings. The van der Waals surface area contributed by atoms with Crippen molar-refractivity contribution in [1.82, 2.24) is 0 Å². The van der Waals surface area contributed by atoms with Crippen LogP contribution in [0.3, 0.4) is 0 Å². The van der Waals surface area contributed by atoms with Gasteiger partial charge in [0.1, 0.15) is 0 Å². The van der Waals surface area contributed by atoms with Gasteiger partial charge in [0.25, 0.3) is 0 Å². The molecule has 0 aromatic heterocycles. The second kappa shape index (κ2) is 6.84. The summed E-state index contributed by atoms with van der Waals surface area (Å²) in [6.45, 7) is 0. The molecule has 0 radical (unpaired) electrons. The summed E-state index contributed by atoms with van der Waals surface area (Å²) in [4.78, 5) is 0. The predicted octanol–water partition coefficient (Wildman–Crippen LogP) is 5.00. The first kappa shape index (κ1) is 15.1. The van der Waals surface area contributed by atoms with E-state index >= 15 is 0 Å². The highest BCUT2D eigenvalue weighted by Gasteiger charge is 2.24. The second-order valence-corrected chi connectivity index (χ2v) is 5.37. The van der Waals surface area contributed by atoms with Crippen LogP contribution in [0.5, 0.6) is 0 Å². The average molecular weight is 295 g/mol. The lowest BCUT2D eigenvalue weighted by molar-refractivity contribution is 0.308. The van der Waals surface area contributed by atoms with Gasteiger partial charge >= 0.3 is 0 Å². The zero-order valence-corrected chi connectivity index (χ0v) is 12.0. The third kappa shape index (κ3) is 3.51. The number of benzene rings is 1. The van der Waals surface area contributed by atoms with Gasteiger partial charge < -0.3 is 5.73 Å². The molecule has 0 spiro atoms. The van der Waals surface area contributed by atoms with Gasteiger partial charge in [0.05, 0.1) is 0 Å². The van der Waals surface area contributed by atoms with E-state index in [-0.39, 0.29) is 18.4 Å². The summed E-state index contributed by atoms with van der Waals surface area (Å²) < 4.78 is 0. The predicted molar refractivity (Wildman–Crippen MR) is 77.2 cm³/mol. The summed E-state index contributed by atoms with van der Waals surface area (Å²) in [5.41, 5.74) is 7.23. The Labute approximate surface area is 119 Å². The first-order valence-corrected chi connectivity index (χ1v) is 6.65. The highest BCUT2D eigenvalue weighted by atomic mass is 35.5. The van der Waals surface area contributed by atoms with Crippen molar-refractivity contribution >= 4 is 35.6 Å². The molecule has 0 aliphatic heterocycles. The van der Waals surface area contributed by atoms with E-state index in [1.54, 1.807) is 0 Å². The van der Waals surface area contributed by atoms with Crippen LogP contribution in [0, 0.1) is 5.92 Å². The molecule has 96 valence electrons. The quantitative estimate of drug-likeness (QED) is 0.816. The average Bonchev–Trinajstić information content (AvgIpc) is 2.30. The fraction of sp³-hybridized carbons (Fsp3) is 0.538. The van der Waals surface area contributed by atoms with Crippen LogP contribution in [-0.4, -0.2) is 0 Å². The van der Waals surface area contributed by atoms with Crippen LogP contribution in [0.1, 0.15) is 43.7 Å². The normalized spacial score (nSPS) is 18.5. The van der Waals surface area contributed by atoms with Crippen LogP contribution >= 0.6 is 35.6 Å². The minimum Gasteiger partial charge on any atom is -0.324 e. The summed E-state index contributed by atoms with van der Waals surface area (Å²) in [5, 5.41) is 1.40. The van der Waals surface area contributed by atoms with Gasteiger partial charge in [0, 0.05) is 21.7 Å². The minimum absolute atomic E-state index is 0. The molecule has 1 aromatic carbocycles. The van der Waals surface area contributed by atoms with Gasteiger partial charge in [0.2, 0.25) is 0 Å². The molecule has 1 aliphatic carbocycles. The van der Waals surface area contributed by atoms with Crippen molar-refractivity contribution in [2.45, 2.75) is 38.1 Å². The topological polar surface area (TPSA) is 26.0 Å². The Morgan fingerprint density at radius 1 is 1.06 bits per heavy atom. The Morgan fingerprint density at radius 2 is 1.59 bits per heavy atom. The molecular weight excluding hydrogens is 277 g/mol. The summed E-state index contributed by atoms with van der Waals surface area (Å²) in [6, 6.07) is 5.58. The molecule has 2 N–H and O–H groups in total. The van der Waals surface area contributed by atoms with Crippen LogP contribution in [0.15, 0.2) is 18.2 Å². The van der Waals surface area contributed by atoms with Crippen molar-refractivity contribution in [3.8, 4) is 0 Å². The second-order valence-electron chi connectivity index (χ2n) is 4.56. The van der Waals surface area contributed by atoms with Gasteiger partial charge in [0.15, 0.2) is 0 Å². The summed E-state index contributed by atoms with van der Waals surface area (Å²) in [6.07, 6.45) is 6.28. The Bertz CT molecular complexity index is 341. The number of nitrogens with two attached hydrogens (primary N) is 1. The molecule has 1 atom stereocenters. The largest absolute Gasteiger partial charge is 0.324 e. The molecule has 17 heavy (non-hydrogen) atoms. The third-order valence-electron chi connectivity index (χ3n) is 3.49. The number of halogens is 3. The van der Waals surface area contributed by atoms with Gasteiger partial charge in [-0.25, -0.2) is 0 Å². The van der Waals surface area contributed by atoms with Crippen molar-refractivity contribution in [1.29, 1.82) is 0 Å². The van der Waals surface area contributed by atoms with Crippen LogP contribution < -0.4 is 5.73 Å². The molecule has 1 aromatic rings. The Kier molecular flexibility index (Phi) is 6.08. The van der Waals surface area contributed by atoms with E-state index in [9.17, 15) is 0 Å². The van der Waals surface area contributed by atoms with E-state index in [1.807, 2.05) is 18.2 Å². The van der Waals surface area contributed by atoms with Crippen LogP contribution in [0.2, 0.25) is 10.0 Å². The van der Waals surface area contributed by atoms with Crippen LogP contribution in [0.4, 0.5) is 0 Å². The van der Waals surface area contributed by atoms with E-state index in [0.29, 0.717) is 16.0 Å². The van der Waals surface area contributed by atoms with Crippen molar-refractivity contribution in [3.63, 3.8) is 0 Å². The van der Waals surface area contributed by atoms with Crippen molar-refractivity contribution in [3.05, 3.63) is 33.8 Å². The standard InChI is InChI=1S/C13H17Cl2N.ClH/c14-10-7-4-8-11(15)12(10)13(16)9-5-2-1-3-6-9;/h4,7-9,13H,1-3,5-6,16H2;1H/t13-;/m1./s1. The fourth-order valence-electron chi connectivity index (χ4n) is 2.56. The van der Waals surface area contributed by atoms with Gasteiger partial charge in [-0.1, -0.05) is 48.5 Å². The first-order chi connectivity index (χ1) is 7.70. The monoisotopic (exact) mass is 293 g/mol. The Hall–Kier alpha value is 0.0500. The van der Waals surface area contributed by atoms with Gasteiger partial charge in [-0.2, -0.15) is 0 Å². The molecule has 1 saturated carbocycles. The highest BCUT2D eigenvalue weighted by Crippen LogP contribution is 2.38. The molecule has 1 aliphatic rings. The van der Waals surface area contributed by atoms with Crippen molar-refractivity contribution in [2.24, 2.45) is 11.7 Å². The SMILES string of the molecule is Cl.N[C@@H](c1c(Cl)cccc1Cl)C1CCCCC1. The summed E-state index contributed by atoms with van der Waals surface area (Å²) in [5.74, 6) is 0.533. The molecule has 1 nitrogen and oxygen atoms in total. The van der Waals surface area contributed by atoms with Gasteiger partial charge in [-0.05, 0) is 30.9 Å². The highest BCUT2D eigenvalue weighted by molar-refractivity contribution is 6.36. The lowest BCUT2D eigenvalue weighted by Crippen LogP contribution is -2.24. The molecule has 4 heteroatoms. The molecule has 2 rings (SSSR count). The van der Waals surface area contributed by atoms with E-state index < -0.39 is 0 Å². The van der Waals surface area contributed by atoms with Gasteiger partial charge in [-0.3, -0.25) is 0 Å². The number of hydrogen-bond acceptors (Lipinski definition) is 1. The lowest BCUT2D eigenvalue weighted by Gasteiger charge is -2.28. The maximum Gasteiger partial charge on any atom is 0.0468 e. The van der Waals surface area contributed by atoms with E-state index in [2.05, 4.69) is 0 Å². The maximum atomic E-state index is 6.30. The fourth-order valence-corrected chi connectivity index (χ4v) is 3.21. The molecule has 0 unspecified atom stereocenters. The maximum absolute atomic E-state index is 6.30. The third-order valence-corrected chi connectivity index (χ3v) is 4.15. The summed E-state index contributed by atoms with van der Waals surface area (Å²) in [7, 11) is 0. The number of hydrogen-bond donors (Lipinski definition) is 1. The molecule has 0 saturated heterocycles. The zero-order chi connectivity index (χ0) is 11.5. The lowest BCUT2D eigenvalue weighted by atomic mass is 9.81. The summed E-state index contributed by atoms with van der Waals surface area (Å²) >= 11 is 12.4. The smallest absolute Gasteiger partial charge is 0.0468 e. The molecule has 0 bridgehead atoms. The van der Waals surface area contributed by atoms with E-state index in [0.717, 1.165) is 5.56 Å². The van der Waals surface area contributed by atoms with E-state index in [4.69, 9.17) is 28.9 Å².